The van der Waals surface area contributed by atoms with Gasteiger partial charge in [-0.15, -0.1) is 0 Å². The highest BCUT2D eigenvalue weighted by molar-refractivity contribution is 8.00. The van der Waals surface area contributed by atoms with Crippen LogP contribution in [-0.2, 0) is 0 Å². The van der Waals surface area contributed by atoms with Gasteiger partial charge in [-0.1, -0.05) is 6.92 Å². The molecule has 0 aliphatic heterocycles. The van der Waals surface area contributed by atoms with Crippen LogP contribution in [0, 0.1) is 5.75 Å². The SMILES string of the molecule is C[CH]SC. The third kappa shape index (κ3) is 2.35. The first-order chi connectivity index (χ1) is 1.91. The van der Waals surface area contributed by atoms with E-state index in [0.717, 1.165) is 0 Å². The molecule has 1 heteroatoms. The molecule has 0 heterocycles. The zero-order valence-electron chi connectivity index (χ0n) is 2.99. The van der Waals surface area contributed by atoms with Gasteiger partial charge in [-0.25, -0.2) is 0 Å². The highest BCUT2D eigenvalue weighted by Gasteiger charge is 1.56. The molecule has 0 fully saturated rings. The third-order valence-electron chi connectivity index (χ3n) is 0.236. The normalized spacial score (nSPS) is 7.50. The fraction of sp³-hybridized carbons (Fsp3) is 0.667. The van der Waals surface area contributed by atoms with Crippen molar-refractivity contribution in [3.8, 4) is 0 Å². The van der Waals surface area contributed by atoms with Crippen molar-refractivity contribution < 1.29 is 0 Å². The first kappa shape index (κ1) is 4.35. The van der Waals surface area contributed by atoms with E-state index < -0.39 is 0 Å². The maximum absolute atomic E-state index is 2.04. The third-order valence-corrected chi connectivity index (χ3v) is 0.707. The molecule has 0 spiro atoms. The predicted octanol–water partition coefficient (Wildman–Crippen LogP) is 1.53. The average molecular weight is 75.2 g/mol. The van der Waals surface area contributed by atoms with Crippen LogP contribution in [0.4, 0.5) is 0 Å². The second-order valence-electron chi connectivity index (χ2n) is 0.471. The summed E-state index contributed by atoms with van der Waals surface area (Å²) in [7, 11) is 0. The molecule has 0 N–H and O–H groups in total. The van der Waals surface area contributed by atoms with Crippen molar-refractivity contribution in [2.45, 2.75) is 6.92 Å². The van der Waals surface area contributed by atoms with Gasteiger partial charge >= 0.3 is 0 Å². The number of hydrogen-bond acceptors (Lipinski definition) is 1. The molecular weight excluding hydrogens is 68.1 g/mol. The van der Waals surface area contributed by atoms with Gasteiger partial charge < -0.3 is 0 Å². The van der Waals surface area contributed by atoms with Gasteiger partial charge in [0.1, 0.15) is 0 Å². The first-order valence-corrected chi connectivity index (χ1v) is 2.51. The van der Waals surface area contributed by atoms with E-state index in [0.29, 0.717) is 0 Å². The van der Waals surface area contributed by atoms with E-state index in [1.807, 2.05) is 18.9 Å². The Morgan fingerprint density at radius 2 is 2.00 bits per heavy atom. The van der Waals surface area contributed by atoms with Crippen LogP contribution in [0.2, 0.25) is 0 Å². The van der Waals surface area contributed by atoms with Crippen LogP contribution in [0.15, 0.2) is 0 Å². The molecule has 0 aromatic rings. The van der Waals surface area contributed by atoms with E-state index in [4.69, 9.17) is 0 Å². The van der Waals surface area contributed by atoms with Crippen molar-refractivity contribution in [2.75, 3.05) is 6.26 Å². The second-order valence-corrected chi connectivity index (χ2v) is 1.41. The van der Waals surface area contributed by atoms with Gasteiger partial charge in [-0.2, -0.15) is 11.8 Å². The Morgan fingerprint density at radius 3 is 2.00 bits per heavy atom. The van der Waals surface area contributed by atoms with Crippen LogP contribution in [0.3, 0.4) is 0 Å². The fourth-order valence-corrected chi connectivity index (χ4v) is 0. The molecule has 0 unspecified atom stereocenters. The Labute approximate surface area is 31.6 Å². The summed E-state index contributed by atoms with van der Waals surface area (Å²) in [5.74, 6) is 2.04. The van der Waals surface area contributed by atoms with Gasteiger partial charge in [0.15, 0.2) is 0 Å². The maximum Gasteiger partial charge on any atom is 0.0132 e. The van der Waals surface area contributed by atoms with E-state index in [9.17, 15) is 0 Å². The summed E-state index contributed by atoms with van der Waals surface area (Å²) in [6, 6.07) is 0. The Kier molecular flexibility index (Phi) is 3.64. The molecule has 1 radical (unpaired) electrons. The van der Waals surface area contributed by atoms with Crippen molar-refractivity contribution in [1.82, 2.24) is 0 Å². The standard InChI is InChI=1S/C3H7S/c1-3-4-2/h3H,1-2H3. The smallest absolute Gasteiger partial charge is 0.0132 e. The summed E-state index contributed by atoms with van der Waals surface area (Å²) in [5.41, 5.74) is 0. The topological polar surface area (TPSA) is 0 Å². The highest BCUT2D eigenvalue weighted by Crippen LogP contribution is 1.91. The minimum atomic E-state index is 1.73. The fourth-order valence-electron chi connectivity index (χ4n) is 0. The average Bonchev–Trinajstić information content (AvgIpc) is 1.37. The summed E-state index contributed by atoms with van der Waals surface area (Å²) in [6.07, 6.45) is 2.04. The first-order valence-electron chi connectivity index (χ1n) is 1.22. The minimum Gasteiger partial charge on any atom is -0.161 e. The van der Waals surface area contributed by atoms with Gasteiger partial charge in [-0.05, 0) is 6.26 Å². The van der Waals surface area contributed by atoms with E-state index >= 15 is 0 Å². The monoisotopic (exact) mass is 75.0 g/mol. The largest absolute Gasteiger partial charge is 0.161 e. The molecule has 0 aromatic carbocycles. The van der Waals surface area contributed by atoms with Crippen LogP contribution in [0.5, 0.6) is 0 Å². The summed E-state index contributed by atoms with van der Waals surface area (Å²) in [5, 5.41) is 0. The lowest BCUT2D eigenvalue weighted by atomic mass is 11.0. The number of hydrogen-bond donors (Lipinski definition) is 0. The molecule has 4 heavy (non-hydrogen) atoms. The van der Waals surface area contributed by atoms with Crippen LogP contribution < -0.4 is 0 Å². The lowest BCUT2D eigenvalue weighted by molar-refractivity contribution is 1.74. The van der Waals surface area contributed by atoms with Crippen LogP contribution in [0.1, 0.15) is 6.92 Å². The van der Waals surface area contributed by atoms with Gasteiger partial charge in [0.05, 0.1) is 0 Å². The van der Waals surface area contributed by atoms with Gasteiger partial charge in [-0.3, -0.25) is 0 Å². The van der Waals surface area contributed by atoms with Crippen molar-refractivity contribution in [2.24, 2.45) is 0 Å². The quantitative estimate of drug-likeness (QED) is 0.455. The molecule has 0 rings (SSSR count). The lowest BCUT2D eigenvalue weighted by Crippen LogP contribution is -1.40. The molecule has 0 aliphatic carbocycles. The minimum absolute atomic E-state index is 1.73. The molecule has 0 saturated carbocycles. The van der Waals surface area contributed by atoms with E-state index in [1.54, 1.807) is 11.8 Å². The van der Waals surface area contributed by atoms with Crippen molar-refractivity contribution >= 4 is 11.8 Å². The zero-order chi connectivity index (χ0) is 3.41. The van der Waals surface area contributed by atoms with E-state index in [2.05, 4.69) is 0 Å². The van der Waals surface area contributed by atoms with Gasteiger partial charge in [0, 0.05) is 5.75 Å². The molecule has 0 nitrogen and oxygen atoms in total. The van der Waals surface area contributed by atoms with Crippen LogP contribution >= 0.6 is 11.8 Å². The molecular formula is C3H7S. The predicted molar refractivity (Wildman–Crippen MR) is 23.5 cm³/mol. The van der Waals surface area contributed by atoms with Crippen molar-refractivity contribution in [3.05, 3.63) is 5.75 Å². The summed E-state index contributed by atoms with van der Waals surface area (Å²) in [6.45, 7) is 2.02. The lowest BCUT2D eigenvalue weighted by Gasteiger charge is -1.68. The van der Waals surface area contributed by atoms with Crippen molar-refractivity contribution in [3.63, 3.8) is 0 Å². The molecule has 0 amide bonds. The second kappa shape index (κ2) is 3.35. The van der Waals surface area contributed by atoms with Crippen molar-refractivity contribution in [1.29, 1.82) is 0 Å². The maximum atomic E-state index is 2.04. The Morgan fingerprint density at radius 1 is 1.75 bits per heavy atom. The van der Waals surface area contributed by atoms with E-state index in [-0.39, 0.29) is 0 Å². The molecule has 0 atom stereocenters. The number of thioether (sulfide) groups is 1. The molecule has 0 bridgehead atoms. The van der Waals surface area contributed by atoms with Gasteiger partial charge in [0.25, 0.3) is 0 Å². The summed E-state index contributed by atoms with van der Waals surface area (Å²) >= 11 is 1.73. The molecule has 0 aliphatic rings. The summed E-state index contributed by atoms with van der Waals surface area (Å²) < 4.78 is 0. The van der Waals surface area contributed by atoms with Crippen LogP contribution in [0.25, 0.3) is 0 Å². The number of rotatable bonds is 1. The Balaban J connectivity index is 1.97. The molecule has 0 saturated heterocycles. The molecule has 0 aromatic heterocycles. The van der Waals surface area contributed by atoms with Crippen LogP contribution in [-0.4, -0.2) is 6.26 Å². The Bertz CT molecular complexity index is 5.25. The van der Waals surface area contributed by atoms with Gasteiger partial charge in [0.2, 0.25) is 0 Å². The Hall–Kier alpha value is 0.350. The highest BCUT2D eigenvalue weighted by atomic mass is 32.2. The molecule has 25 valence electrons. The van der Waals surface area contributed by atoms with E-state index in [1.165, 1.54) is 0 Å². The zero-order valence-corrected chi connectivity index (χ0v) is 3.80. The summed E-state index contributed by atoms with van der Waals surface area (Å²) in [4.78, 5) is 0.